The fourth-order valence-corrected chi connectivity index (χ4v) is 6.50. The molecule has 3 rings (SSSR count). The summed E-state index contributed by atoms with van der Waals surface area (Å²) in [6, 6.07) is 2.63. The van der Waals surface area contributed by atoms with Crippen molar-refractivity contribution in [1.82, 2.24) is 4.90 Å². The van der Waals surface area contributed by atoms with E-state index < -0.39 is 15.9 Å². The second kappa shape index (κ2) is 10.1. The van der Waals surface area contributed by atoms with Gasteiger partial charge in [-0.3, -0.25) is 9.89 Å². The van der Waals surface area contributed by atoms with Gasteiger partial charge in [-0.2, -0.15) is 5.10 Å². The Bertz CT molecular complexity index is 928. The quantitative estimate of drug-likeness (QED) is 0.336. The minimum Gasteiger partial charge on any atom is -0.390 e. The number of piperidine rings is 1. The number of aryl methyl sites for hydroxylation is 1. The third kappa shape index (κ3) is 6.13. The molecule has 1 fully saturated rings. The van der Waals surface area contributed by atoms with E-state index in [4.69, 9.17) is 10.6 Å². The molecule has 0 aromatic carbocycles. The number of hydrazone groups is 1. The van der Waals surface area contributed by atoms with E-state index in [1.54, 1.807) is 0 Å². The van der Waals surface area contributed by atoms with Crippen molar-refractivity contribution in [2.75, 3.05) is 38.2 Å². The van der Waals surface area contributed by atoms with Crippen molar-refractivity contribution in [1.29, 1.82) is 0 Å². The Labute approximate surface area is 189 Å². The van der Waals surface area contributed by atoms with E-state index in [1.807, 2.05) is 11.3 Å². The molecule has 1 aromatic rings. The summed E-state index contributed by atoms with van der Waals surface area (Å²) in [5, 5.41) is 13.6. The van der Waals surface area contributed by atoms with Crippen LogP contribution < -0.4 is 5.84 Å². The van der Waals surface area contributed by atoms with Crippen molar-refractivity contribution in [3.8, 4) is 0 Å². The molecule has 2 aliphatic rings. The number of thiophene rings is 1. The maximum Gasteiger partial charge on any atom is 0.150 e. The Balaban J connectivity index is 1.60. The number of sulfone groups is 1. The Kier molecular flexibility index (Phi) is 7.90. The Morgan fingerprint density at radius 2 is 2.32 bits per heavy atom. The smallest absolute Gasteiger partial charge is 0.150 e. The molecule has 0 amide bonds. The van der Waals surface area contributed by atoms with Gasteiger partial charge < -0.3 is 15.7 Å². The number of ether oxygens (including phenoxy) is 1. The summed E-state index contributed by atoms with van der Waals surface area (Å²) in [6.07, 6.45) is 5.50. The van der Waals surface area contributed by atoms with E-state index >= 15 is 0 Å². The molecule has 0 radical (unpaired) electrons. The number of rotatable bonds is 8. The van der Waals surface area contributed by atoms with Crippen LogP contribution >= 0.6 is 11.3 Å². The van der Waals surface area contributed by atoms with Gasteiger partial charge in [0.2, 0.25) is 0 Å². The van der Waals surface area contributed by atoms with Crippen LogP contribution in [-0.4, -0.2) is 80.7 Å². The number of hydrogen-bond donors (Lipinski definition) is 2. The molecule has 2 aliphatic heterocycles. The molecular formula is C21H34N4O4S2. The van der Waals surface area contributed by atoms with Gasteiger partial charge in [0.05, 0.1) is 36.3 Å². The van der Waals surface area contributed by atoms with Crippen LogP contribution in [0.5, 0.6) is 0 Å². The molecule has 3 heterocycles. The molecule has 0 aliphatic carbocycles. The monoisotopic (exact) mass is 470 g/mol. The van der Waals surface area contributed by atoms with Crippen molar-refractivity contribution >= 4 is 33.1 Å². The van der Waals surface area contributed by atoms with Crippen molar-refractivity contribution in [2.24, 2.45) is 15.9 Å². The lowest BCUT2D eigenvalue weighted by Crippen LogP contribution is -2.51. The first-order valence-electron chi connectivity index (χ1n) is 10.8. The molecule has 3 atom stereocenters. The van der Waals surface area contributed by atoms with Crippen LogP contribution in [0.2, 0.25) is 0 Å². The van der Waals surface area contributed by atoms with Gasteiger partial charge in [0.1, 0.15) is 9.84 Å². The molecule has 0 saturated carbocycles. The maximum absolute atomic E-state index is 11.2. The third-order valence-electron chi connectivity index (χ3n) is 6.04. The van der Waals surface area contributed by atoms with E-state index in [0.29, 0.717) is 12.3 Å². The summed E-state index contributed by atoms with van der Waals surface area (Å²) in [4.78, 5) is 9.37. The minimum atomic E-state index is -3.24. The zero-order chi connectivity index (χ0) is 22.6. The predicted molar refractivity (Wildman–Crippen MR) is 126 cm³/mol. The first kappa shape index (κ1) is 24.3. The molecular weight excluding hydrogens is 436 g/mol. The summed E-state index contributed by atoms with van der Waals surface area (Å²) in [5.41, 5.74) is 1.79. The first-order chi connectivity index (χ1) is 14.7. The standard InChI is InChI=1S/C21H34N4O4S2/c1-4-18-9-19-20(30-18)5-8-29-21(19)6-7-25(15(2)10-21)13-16(24-22)11-23-12-17(26)14-31(3,27)28/h9,11,15,17,26H,4-8,10,12-14,22H2,1-3H3/b23-11?,24-16+/t15-,17?,21+/m0/s1. The van der Waals surface area contributed by atoms with E-state index in [2.05, 4.69) is 34.9 Å². The number of aliphatic hydroxyl groups is 1. The number of nitrogens with two attached hydrogens (primary N) is 1. The van der Waals surface area contributed by atoms with Crippen LogP contribution in [0, 0.1) is 0 Å². The molecule has 0 bridgehead atoms. The van der Waals surface area contributed by atoms with Gasteiger partial charge in [-0.25, -0.2) is 8.42 Å². The predicted octanol–water partition coefficient (Wildman–Crippen LogP) is 1.35. The van der Waals surface area contributed by atoms with E-state index in [-0.39, 0.29) is 23.9 Å². The van der Waals surface area contributed by atoms with Crippen molar-refractivity contribution in [2.45, 2.75) is 57.3 Å². The summed E-state index contributed by atoms with van der Waals surface area (Å²) >= 11 is 1.93. The van der Waals surface area contributed by atoms with Gasteiger partial charge in [0.15, 0.2) is 0 Å². The summed E-state index contributed by atoms with van der Waals surface area (Å²) in [5.74, 6) is 5.25. The average Bonchev–Trinajstić information content (AvgIpc) is 3.13. The zero-order valence-electron chi connectivity index (χ0n) is 18.6. The van der Waals surface area contributed by atoms with Crippen LogP contribution in [0.3, 0.4) is 0 Å². The number of fused-ring (bicyclic) bond motifs is 2. The Hall–Kier alpha value is -1.33. The summed E-state index contributed by atoms with van der Waals surface area (Å²) in [6.45, 7) is 6.59. The highest BCUT2D eigenvalue weighted by atomic mass is 32.2. The molecule has 31 heavy (non-hydrogen) atoms. The maximum atomic E-state index is 11.2. The second-order valence-electron chi connectivity index (χ2n) is 8.63. The fraction of sp³-hybridized carbons (Fsp3) is 0.714. The number of nitrogens with zero attached hydrogens (tertiary/aromatic N) is 3. The van der Waals surface area contributed by atoms with Crippen LogP contribution in [0.25, 0.3) is 0 Å². The van der Waals surface area contributed by atoms with Gasteiger partial charge in [-0.15, -0.1) is 11.3 Å². The highest BCUT2D eigenvalue weighted by Gasteiger charge is 2.44. The molecule has 1 saturated heterocycles. The Morgan fingerprint density at radius 3 is 2.97 bits per heavy atom. The fourth-order valence-electron chi connectivity index (χ4n) is 4.52. The molecule has 3 N–H and O–H groups in total. The van der Waals surface area contributed by atoms with E-state index in [1.165, 1.54) is 21.5 Å². The van der Waals surface area contributed by atoms with Gasteiger partial charge in [0.25, 0.3) is 0 Å². The average molecular weight is 471 g/mol. The zero-order valence-corrected chi connectivity index (χ0v) is 20.2. The van der Waals surface area contributed by atoms with E-state index in [0.717, 1.165) is 45.1 Å². The molecule has 10 heteroatoms. The van der Waals surface area contributed by atoms with E-state index in [9.17, 15) is 13.5 Å². The van der Waals surface area contributed by atoms with Crippen LogP contribution in [-0.2, 0) is 33.0 Å². The van der Waals surface area contributed by atoms with Crippen molar-refractivity contribution in [3.63, 3.8) is 0 Å². The highest BCUT2D eigenvalue weighted by Crippen LogP contribution is 2.46. The van der Waals surface area contributed by atoms with Gasteiger partial charge >= 0.3 is 0 Å². The third-order valence-corrected chi connectivity index (χ3v) is 8.37. The second-order valence-corrected chi connectivity index (χ2v) is 12.0. The van der Waals surface area contributed by atoms with Crippen molar-refractivity contribution in [3.05, 3.63) is 21.4 Å². The van der Waals surface area contributed by atoms with Gasteiger partial charge in [-0.05, 0) is 37.8 Å². The van der Waals surface area contributed by atoms with Crippen molar-refractivity contribution < 1.29 is 18.3 Å². The normalized spacial score (nSPS) is 26.5. The SMILES string of the molecule is CCc1cc2c(s1)CCO[C@@]21CCN(C/C(C=NCC(O)CS(C)(=O)=O)=N/N)[C@@H](C)C1. The Morgan fingerprint density at radius 1 is 1.55 bits per heavy atom. The lowest BCUT2D eigenvalue weighted by molar-refractivity contribution is -0.108. The van der Waals surface area contributed by atoms with Crippen LogP contribution in [0.4, 0.5) is 0 Å². The molecule has 174 valence electrons. The topological polar surface area (TPSA) is 118 Å². The number of hydrogen-bond acceptors (Lipinski definition) is 9. The molecule has 8 nitrogen and oxygen atoms in total. The van der Waals surface area contributed by atoms with Gasteiger partial charge in [-0.1, -0.05) is 6.92 Å². The first-order valence-corrected chi connectivity index (χ1v) is 13.7. The van der Waals surface area contributed by atoms with Crippen LogP contribution in [0.15, 0.2) is 16.2 Å². The molecule has 1 spiro atoms. The van der Waals surface area contributed by atoms with Gasteiger partial charge in [0, 0.05) is 47.8 Å². The largest absolute Gasteiger partial charge is 0.390 e. The molecule has 1 aromatic heterocycles. The minimum absolute atomic E-state index is 0.000705. The lowest BCUT2D eigenvalue weighted by atomic mass is 9.79. The van der Waals surface area contributed by atoms with Crippen LogP contribution in [0.1, 0.15) is 42.0 Å². The summed E-state index contributed by atoms with van der Waals surface area (Å²) < 4.78 is 28.9. The number of aliphatic imine (C=N–C) groups is 1. The molecule has 1 unspecified atom stereocenters. The highest BCUT2D eigenvalue weighted by molar-refractivity contribution is 7.90. The number of aliphatic hydroxyl groups excluding tert-OH is 1. The lowest BCUT2D eigenvalue weighted by Gasteiger charge is -2.47. The number of likely N-dealkylation sites (tertiary alicyclic amines) is 1. The summed E-state index contributed by atoms with van der Waals surface area (Å²) in [7, 11) is -3.24.